The molecular formula is C14H23N3O2. The van der Waals surface area contributed by atoms with Gasteiger partial charge in [-0.1, -0.05) is 13.8 Å². The normalized spacial score (nSPS) is 22.7. The number of hydrogen-bond acceptors (Lipinski definition) is 5. The van der Waals surface area contributed by atoms with Gasteiger partial charge in [-0.2, -0.15) is 4.98 Å². The van der Waals surface area contributed by atoms with E-state index < -0.39 is 0 Å². The first-order chi connectivity index (χ1) is 9.17. The predicted octanol–water partition coefficient (Wildman–Crippen LogP) is 2.49. The lowest BCUT2D eigenvalue weighted by molar-refractivity contribution is 0.108. The van der Waals surface area contributed by atoms with Crippen molar-refractivity contribution in [1.82, 2.24) is 9.97 Å². The van der Waals surface area contributed by atoms with E-state index in [1.54, 1.807) is 19.5 Å². The van der Waals surface area contributed by atoms with Gasteiger partial charge in [0.25, 0.3) is 0 Å². The highest BCUT2D eigenvalue weighted by molar-refractivity contribution is 5.34. The SMILES string of the molecule is COC1CCC(Nc2cncc(OCC(C)C)n2)C1. The summed E-state index contributed by atoms with van der Waals surface area (Å²) in [7, 11) is 1.77. The van der Waals surface area contributed by atoms with Crippen molar-refractivity contribution in [2.75, 3.05) is 19.0 Å². The van der Waals surface area contributed by atoms with Crippen LogP contribution in [0.25, 0.3) is 0 Å². The highest BCUT2D eigenvalue weighted by Gasteiger charge is 2.24. The second kappa shape index (κ2) is 6.70. The van der Waals surface area contributed by atoms with E-state index in [0.29, 0.717) is 30.6 Å². The summed E-state index contributed by atoms with van der Waals surface area (Å²) in [5.41, 5.74) is 0. The molecule has 0 amide bonds. The van der Waals surface area contributed by atoms with Gasteiger partial charge in [0.1, 0.15) is 5.82 Å². The van der Waals surface area contributed by atoms with Crippen molar-refractivity contribution in [3.8, 4) is 5.88 Å². The highest BCUT2D eigenvalue weighted by atomic mass is 16.5. The van der Waals surface area contributed by atoms with Crippen LogP contribution in [-0.2, 0) is 4.74 Å². The van der Waals surface area contributed by atoms with E-state index in [4.69, 9.17) is 9.47 Å². The Hall–Kier alpha value is -1.36. The lowest BCUT2D eigenvalue weighted by Gasteiger charge is -2.14. The van der Waals surface area contributed by atoms with Gasteiger partial charge < -0.3 is 14.8 Å². The van der Waals surface area contributed by atoms with Gasteiger partial charge in [-0.25, -0.2) is 0 Å². The fourth-order valence-corrected chi connectivity index (χ4v) is 2.23. The van der Waals surface area contributed by atoms with E-state index >= 15 is 0 Å². The first-order valence-corrected chi connectivity index (χ1v) is 6.91. The summed E-state index contributed by atoms with van der Waals surface area (Å²) >= 11 is 0. The van der Waals surface area contributed by atoms with E-state index in [9.17, 15) is 0 Å². The van der Waals surface area contributed by atoms with E-state index in [2.05, 4.69) is 29.1 Å². The topological polar surface area (TPSA) is 56.3 Å². The Labute approximate surface area is 114 Å². The van der Waals surface area contributed by atoms with Crippen molar-refractivity contribution in [2.45, 2.75) is 45.3 Å². The Kier molecular flexibility index (Phi) is 4.96. The van der Waals surface area contributed by atoms with E-state index in [-0.39, 0.29) is 0 Å². The van der Waals surface area contributed by atoms with Crippen molar-refractivity contribution in [3.05, 3.63) is 12.4 Å². The molecule has 0 aromatic carbocycles. The second-order valence-electron chi connectivity index (χ2n) is 5.46. The maximum Gasteiger partial charge on any atom is 0.234 e. The number of aromatic nitrogens is 2. The summed E-state index contributed by atoms with van der Waals surface area (Å²) in [6.07, 6.45) is 6.99. The van der Waals surface area contributed by atoms with Crippen LogP contribution < -0.4 is 10.1 Å². The summed E-state index contributed by atoms with van der Waals surface area (Å²) < 4.78 is 10.9. The molecule has 1 aromatic rings. The molecule has 19 heavy (non-hydrogen) atoms. The van der Waals surface area contributed by atoms with Crippen molar-refractivity contribution in [3.63, 3.8) is 0 Å². The predicted molar refractivity (Wildman–Crippen MR) is 74.4 cm³/mol. The molecule has 0 bridgehead atoms. The monoisotopic (exact) mass is 265 g/mol. The first kappa shape index (κ1) is 14.1. The van der Waals surface area contributed by atoms with Crippen molar-refractivity contribution < 1.29 is 9.47 Å². The van der Waals surface area contributed by atoms with Gasteiger partial charge in [-0.3, -0.25) is 4.98 Å². The van der Waals surface area contributed by atoms with Gasteiger partial charge in [0.15, 0.2) is 0 Å². The summed E-state index contributed by atoms with van der Waals surface area (Å²) in [6, 6.07) is 0.416. The van der Waals surface area contributed by atoms with Crippen LogP contribution in [0.4, 0.5) is 5.82 Å². The van der Waals surface area contributed by atoms with Gasteiger partial charge in [-0.15, -0.1) is 0 Å². The zero-order chi connectivity index (χ0) is 13.7. The fraction of sp³-hybridized carbons (Fsp3) is 0.714. The molecule has 0 spiro atoms. The maximum absolute atomic E-state index is 5.58. The number of rotatable bonds is 6. The molecule has 1 fully saturated rings. The third kappa shape index (κ3) is 4.35. The lowest BCUT2D eigenvalue weighted by Crippen LogP contribution is -2.18. The van der Waals surface area contributed by atoms with Crippen molar-refractivity contribution in [1.29, 1.82) is 0 Å². The zero-order valence-corrected chi connectivity index (χ0v) is 11.9. The molecule has 2 unspecified atom stereocenters. The van der Waals surface area contributed by atoms with Crippen LogP contribution in [-0.4, -0.2) is 35.8 Å². The van der Waals surface area contributed by atoms with Crippen LogP contribution in [0.2, 0.25) is 0 Å². The minimum Gasteiger partial charge on any atom is -0.476 e. The molecule has 0 saturated heterocycles. The Morgan fingerprint density at radius 1 is 1.37 bits per heavy atom. The minimum atomic E-state index is 0.367. The molecule has 106 valence electrons. The minimum absolute atomic E-state index is 0.367. The molecule has 2 atom stereocenters. The average molecular weight is 265 g/mol. The van der Waals surface area contributed by atoms with Gasteiger partial charge in [0.05, 0.1) is 25.1 Å². The Bertz CT molecular complexity index is 398. The highest BCUT2D eigenvalue weighted by Crippen LogP contribution is 2.24. The molecule has 0 radical (unpaired) electrons. The molecule has 1 aliphatic rings. The molecule has 1 N–H and O–H groups in total. The molecule has 1 heterocycles. The number of hydrogen-bond donors (Lipinski definition) is 1. The summed E-state index contributed by atoms with van der Waals surface area (Å²) in [5.74, 6) is 1.85. The largest absolute Gasteiger partial charge is 0.476 e. The Balaban J connectivity index is 1.88. The van der Waals surface area contributed by atoms with Crippen LogP contribution >= 0.6 is 0 Å². The number of methoxy groups -OCH3 is 1. The van der Waals surface area contributed by atoms with Gasteiger partial charge in [-0.05, 0) is 25.2 Å². The number of anilines is 1. The number of ether oxygens (including phenoxy) is 2. The Morgan fingerprint density at radius 2 is 2.21 bits per heavy atom. The van der Waals surface area contributed by atoms with E-state index in [1.165, 1.54) is 0 Å². The fourth-order valence-electron chi connectivity index (χ4n) is 2.23. The van der Waals surface area contributed by atoms with E-state index in [0.717, 1.165) is 25.1 Å². The Morgan fingerprint density at radius 3 is 2.89 bits per heavy atom. The number of nitrogens with one attached hydrogen (secondary N) is 1. The summed E-state index contributed by atoms with van der Waals surface area (Å²) in [5, 5.41) is 3.40. The first-order valence-electron chi connectivity index (χ1n) is 6.91. The molecule has 0 aliphatic heterocycles. The van der Waals surface area contributed by atoms with Crippen molar-refractivity contribution in [2.24, 2.45) is 5.92 Å². The molecule has 1 aliphatic carbocycles. The quantitative estimate of drug-likeness (QED) is 0.856. The van der Waals surface area contributed by atoms with Gasteiger partial charge in [0.2, 0.25) is 5.88 Å². The molecular weight excluding hydrogens is 242 g/mol. The van der Waals surface area contributed by atoms with Gasteiger partial charge in [0, 0.05) is 13.2 Å². The van der Waals surface area contributed by atoms with E-state index in [1.807, 2.05) is 0 Å². The molecule has 5 nitrogen and oxygen atoms in total. The molecule has 2 rings (SSSR count). The third-order valence-electron chi connectivity index (χ3n) is 3.25. The second-order valence-corrected chi connectivity index (χ2v) is 5.46. The zero-order valence-electron chi connectivity index (χ0n) is 11.9. The van der Waals surface area contributed by atoms with Crippen LogP contribution in [0.3, 0.4) is 0 Å². The summed E-state index contributed by atoms with van der Waals surface area (Å²) in [6.45, 7) is 4.88. The molecule has 5 heteroatoms. The van der Waals surface area contributed by atoms with Crippen LogP contribution in [0.1, 0.15) is 33.1 Å². The molecule has 1 aromatic heterocycles. The number of nitrogens with zero attached hydrogens (tertiary/aromatic N) is 2. The van der Waals surface area contributed by atoms with Crippen LogP contribution in [0.5, 0.6) is 5.88 Å². The summed E-state index contributed by atoms with van der Waals surface area (Å²) in [4.78, 5) is 8.58. The smallest absolute Gasteiger partial charge is 0.234 e. The standard InChI is InChI=1S/C14H23N3O2/c1-10(2)9-19-14-8-15-7-13(17-14)16-11-4-5-12(6-11)18-3/h7-8,10-12H,4-6,9H2,1-3H3,(H,16,17). The average Bonchev–Trinajstić information content (AvgIpc) is 2.84. The van der Waals surface area contributed by atoms with Crippen molar-refractivity contribution >= 4 is 5.82 Å². The lowest BCUT2D eigenvalue weighted by atomic mass is 10.2. The van der Waals surface area contributed by atoms with Crippen LogP contribution in [0, 0.1) is 5.92 Å². The maximum atomic E-state index is 5.58. The van der Waals surface area contributed by atoms with Gasteiger partial charge >= 0.3 is 0 Å². The van der Waals surface area contributed by atoms with Crippen LogP contribution in [0.15, 0.2) is 12.4 Å². The third-order valence-corrected chi connectivity index (χ3v) is 3.25. The molecule has 1 saturated carbocycles.